The fourth-order valence-corrected chi connectivity index (χ4v) is 3.71. The van der Waals surface area contributed by atoms with E-state index in [0.717, 1.165) is 44.7 Å². The monoisotopic (exact) mass is 516 g/mol. The van der Waals surface area contributed by atoms with Crippen LogP contribution in [0.5, 0.6) is 0 Å². The molecule has 1 unspecified atom stereocenters. The molecular formula is C20H26F6N4O5. The Hall–Kier alpha value is -2.68. The van der Waals surface area contributed by atoms with E-state index in [1.807, 2.05) is 18.5 Å². The molecular weight excluding hydrogens is 490 g/mol. The first-order chi connectivity index (χ1) is 16.2. The lowest BCUT2D eigenvalue weighted by Crippen LogP contribution is -2.41. The van der Waals surface area contributed by atoms with Gasteiger partial charge in [0.1, 0.15) is 0 Å². The van der Waals surface area contributed by atoms with Crippen LogP contribution in [-0.4, -0.2) is 95.3 Å². The summed E-state index contributed by atoms with van der Waals surface area (Å²) >= 11 is 0. The third kappa shape index (κ3) is 9.84. The van der Waals surface area contributed by atoms with Gasteiger partial charge in [-0.25, -0.2) is 19.6 Å². The van der Waals surface area contributed by atoms with Crippen LogP contribution in [0.2, 0.25) is 0 Å². The van der Waals surface area contributed by atoms with E-state index in [2.05, 4.69) is 19.8 Å². The van der Waals surface area contributed by atoms with Gasteiger partial charge in [0.05, 0.1) is 13.2 Å². The number of carbonyl (C=O) groups is 2. The van der Waals surface area contributed by atoms with E-state index in [0.29, 0.717) is 0 Å². The molecule has 2 aliphatic heterocycles. The summed E-state index contributed by atoms with van der Waals surface area (Å²) in [5.41, 5.74) is 0.268. The first kappa shape index (κ1) is 28.6. The van der Waals surface area contributed by atoms with Crippen molar-refractivity contribution in [1.82, 2.24) is 14.9 Å². The maximum absolute atomic E-state index is 10.6. The minimum absolute atomic E-state index is 0.268. The predicted octanol–water partition coefficient (Wildman–Crippen LogP) is 2.68. The average molecular weight is 516 g/mol. The van der Waals surface area contributed by atoms with E-state index in [-0.39, 0.29) is 5.41 Å². The number of nitrogens with zero attached hydrogens (tertiary/aromatic N) is 4. The molecule has 4 rings (SSSR count). The second kappa shape index (κ2) is 11.8. The van der Waals surface area contributed by atoms with Gasteiger partial charge in [0, 0.05) is 50.5 Å². The second-order valence-electron chi connectivity index (χ2n) is 8.56. The standard InChI is InChI=1S/C16H24N4O.2C2HF3O2/c1-5-17-15(18-6-1)20-7-4-16(12-20)11-19(8-9-21-13-16)10-14-2-3-14;2*3-2(4,5)1(6)7/h1,5-6,14H,2-4,7-13H2;2*(H,6,7). The topological polar surface area (TPSA) is 116 Å². The van der Waals surface area contributed by atoms with Crippen molar-refractivity contribution in [2.75, 3.05) is 50.8 Å². The van der Waals surface area contributed by atoms with Crippen LogP contribution in [0.25, 0.3) is 0 Å². The van der Waals surface area contributed by atoms with Gasteiger partial charge >= 0.3 is 24.3 Å². The van der Waals surface area contributed by atoms with Gasteiger partial charge in [-0.2, -0.15) is 26.3 Å². The summed E-state index contributed by atoms with van der Waals surface area (Å²) in [7, 11) is 0. The van der Waals surface area contributed by atoms with Gasteiger partial charge in [0.15, 0.2) is 0 Å². The molecule has 1 atom stereocenters. The fourth-order valence-electron chi connectivity index (χ4n) is 3.71. The van der Waals surface area contributed by atoms with Crippen molar-refractivity contribution >= 4 is 17.9 Å². The van der Waals surface area contributed by atoms with Crippen LogP contribution < -0.4 is 4.90 Å². The van der Waals surface area contributed by atoms with E-state index in [4.69, 9.17) is 24.5 Å². The van der Waals surface area contributed by atoms with Crippen LogP contribution >= 0.6 is 0 Å². The Labute approximate surface area is 196 Å². The smallest absolute Gasteiger partial charge is 0.475 e. The number of aromatic nitrogens is 2. The molecule has 0 radical (unpaired) electrons. The molecule has 0 bridgehead atoms. The minimum atomic E-state index is -5.08. The number of carboxylic acid groups (broad SMARTS) is 2. The molecule has 1 aliphatic carbocycles. The largest absolute Gasteiger partial charge is 0.490 e. The van der Waals surface area contributed by atoms with Crippen LogP contribution in [0.3, 0.4) is 0 Å². The molecule has 1 aromatic heterocycles. The van der Waals surface area contributed by atoms with Crippen molar-refractivity contribution in [2.45, 2.75) is 31.6 Å². The molecule has 1 spiro atoms. The number of anilines is 1. The van der Waals surface area contributed by atoms with E-state index in [9.17, 15) is 26.3 Å². The lowest BCUT2D eigenvalue weighted by molar-refractivity contribution is -0.193. The first-order valence-electron chi connectivity index (χ1n) is 10.6. The molecule has 0 aromatic carbocycles. The molecule has 9 nitrogen and oxygen atoms in total. The molecule has 2 saturated heterocycles. The summed E-state index contributed by atoms with van der Waals surface area (Å²) in [6, 6.07) is 1.88. The SMILES string of the molecule is O=C(O)C(F)(F)F.O=C(O)C(F)(F)F.c1cnc(N2CCC3(COCCN(CC4CC4)C3)C2)nc1. The molecule has 3 heterocycles. The lowest BCUT2D eigenvalue weighted by atomic mass is 9.87. The molecule has 15 heteroatoms. The Balaban J connectivity index is 0.000000257. The number of halogens is 6. The van der Waals surface area contributed by atoms with E-state index in [1.54, 1.807) is 0 Å². The zero-order valence-electron chi connectivity index (χ0n) is 18.6. The maximum atomic E-state index is 10.6. The molecule has 1 saturated carbocycles. The number of carboxylic acids is 2. The summed E-state index contributed by atoms with van der Waals surface area (Å²) in [6.07, 6.45) is -2.47. The molecule has 35 heavy (non-hydrogen) atoms. The average Bonchev–Trinajstić information content (AvgIpc) is 3.52. The Kier molecular flexibility index (Phi) is 9.66. The van der Waals surface area contributed by atoms with Crippen molar-refractivity contribution in [2.24, 2.45) is 11.3 Å². The van der Waals surface area contributed by atoms with Gasteiger partial charge in [-0.3, -0.25) is 0 Å². The van der Waals surface area contributed by atoms with Crippen LogP contribution in [0.4, 0.5) is 32.3 Å². The predicted molar refractivity (Wildman–Crippen MR) is 109 cm³/mol. The van der Waals surface area contributed by atoms with Gasteiger partial charge in [-0.05, 0) is 31.2 Å². The Morgan fingerprint density at radius 3 is 2.03 bits per heavy atom. The number of aliphatic carboxylic acids is 2. The van der Waals surface area contributed by atoms with Crippen molar-refractivity contribution in [3.63, 3.8) is 0 Å². The molecule has 198 valence electrons. The number of ether oxygens (including phenoxy) is 1. The third-order valence-corrected chi connectivity index (χ3v) is 5.49. The van der Waals surface area contributed by atoms with Gasteiger partial charge in [0.2, 0.25) is 5.95 Å². The minimum Gasteiger partial charge on any atom is -0.475 e. The quantitative estimate of drug-likeness (QED) is 0.585. The zero-order chi connectivity index (χ0) is 26.3. The van der Waals surface area contributed by atoms with E-state index in [1.165, 1.54) is 32.4 Å². The van der Waals surface area contributed by atoms with Crippen molar-refractivity contribution < 1.29 is 50.9 Å². The van der Waals surface area contributed by atoms with Gasteiger partial charge in [-0.15, -0.1) is 0 Å². The first-order valence-corrected chi connectivity index (χ1v) is 10.6. The van der Waals surface area contributed by atoms with Crippen molar-refractivity contribution in [3.05, 3.63) is 18.5 Å². The van der Waals surface area contributed by atoms with Gasteiger partial charge < -0.3 is 24.7 Å². The Bertz CT molecular complexity index is 814. The zero-order valence-corrected chi connectivity index (χ0v) is 18.6. The number of rotatable bonds is 3. The number of hydrogen-bond acceptors (Lipinski definition) is 7. The van der Waals surface area contributed by atoms with Crippen molar-refractivity contribution in [1.29, 1.82) is 0 Å². The Morgan fingerprint density at radius 2 is 1.54 bits per heavy atom. The number of hydrogen-bond donors (Lipinski definition) is 2. The van der Waals surface area contributed by atoms with Crippen LogP contribution in [-0.2, 0) is 14.3 Å². The lowest BCUT2D eigenvalue weighted by Gasteiger charge is -2.31. The maximum Gasteiger partial charge on any atom is 0.490 e. The molecule has 2 N–H and O–H groups in total. The summed E-state index contributed by atoms with van der Waals surface area (Å²) in [6.45, 7) is 7.39. The summed E-state index contributed by atoms with van der Waals surface area (Å²) in [4.78, 5) is 31.6. The van der Waals surface area contributed by atoms with E-state index >= 15 is 0 Å². The highest BCUT2D eigenvalue weighted by Crippen LogP contribution is 2.37. The fraction of sp³-hybridized carbons (Fsp3) is 0.700. The highest BCUT2D eigenvalue weighted by Gasteiger charge is 2.42. The highest BCUT2D eigenvalue weighted by atomic mass is 19.4. The Morgan fingerprint density at radius 1 is 1.00 bits per heavy atom. The van der Waals surface area contributed by atoms with Crippen LogP contribution in [0.15, 0.2) is 18.5 Å². The van der Waals surface area contributed by atoms with Crippen LogP contribution in [0, 0.1) is 11.3 Å². The van der Waals surface area contributed by atoms with Crippen LogP contribution in [0.1, 0.15) is 19.3 Å². The van der Waals surface area contributed by atoms with Crippen molar-refractivity contribution in [3.8, 4) is 0 Å². The highest BCUT2D eigenvalue weighted by molar-refractivity contribution is 5.73. The molecule has 0 amide bonds. The summed E-state index contributed by atoms with van der Waals surface area (Å²) in [5.74, 6) is -3.69. The normalized spacial score (nSPS) is 23.0. The van der Waals surface area contributed by atoms with Gasteiger partial charge in [0.25, 0.3) is 0 Å². The molecule has 3 aliphatic rings. The number of alkyl halides is 6. The molecule has 1 aromatic rings. The summed E-state index contributed by atoms with van der Waals surface area (Å²) < 4.78 is 69.4. The second-order valence-corrected chi connectivity index (χ2v) is 8.56. The molecule has 3 fully saturated rings. The summed E-state index contributed by atoms with van der Waals surface area (Å²) in [5, 5.41) is 14.2. The third-order valence-electron chi connectivity index (χ3n) is 5.49. The van der Waals surface area contributed by atoms with E-state index < -0.39 is 24.3 Å². The van der Waals surface area contributed by atoms with Gasteiger partial charge in [-0.1, -0.05) is 0 Å².